The van der Waals surface area contributed by atoms with Crippen LogP contribution in [-0.2, 0) is 21.1 Å². The van der Waals surface area contributed by atoms with Crippen molar-refractivity contribution in [3.8, 4) is 11.8 Å². The SMILES string of the molecule is Cc1ccc(C#Cc2cc(F)c(S(=O)(=O)C[C@H](Cc3c[nH]c4ccc(C)cc34)C(=O)O)s2)cc1. The smallest absolute Gasteiger partial charge is 0.307 e. The Morgan fingerprint density at radius 1 is 1.09 bits per heavy atom. The third-order valence-corrected chi connectivity index (χ3v) is 8.91. The third kappa shape index (κ3) is 5.22. The maximum absolute atomic E-state index is 14.6. The van der Waals surface area contributed by atoms with Crippen LogP contribution >= 0.6 is 11.3 Å². The molecular weight excluding hydrogens is 473 g/mol. The number of sulfone groups is 1. The third-order valence-electron chi connectivity index (χ3n) is 5.48. The minimum Gasteiger partial charge on any atom is -0.481 e. The largest absolute Gasteiger partial charge is 0.481 e. The summed E-state index contributed by atoms with van der Waals surface area (Å²) in [4.78, 5) is 15.3. The number of carboxylic acids is 1. The zero-order valence-corrected chi connectivity index (χ0v) is 20.2. The molecule has 34 heavy (non-hydrogen) atoms. The summed E-state index contributed by atoms with van der Waals surface area (Å²) < 4.78 is 40.1. The van der Waals surface area contributed by atoms with Gasteiger partial charge in [0.15, 0.2) is 19.9 Å². The second kappa shape index (κ2) is 9.45. The predicted molar refractivity (Wildman–Crippen MR) is 131 cm³/mol. The highest BCUT2D eigenvalue weighted by Crippen LogP contribution is 2.29. The van der Waals surface area contributed by atoms with E-state index in [0.717, 1.165) is 45.0 Å². The topological polar surface area (TPSA) is 87.2 Å². The van der Waals surface area contributed by atoms with Crippen molar-refractivity contribution >= 4 is 38.0 Å². The number of carboxylic acid groups (broad SMARTS) is 1. The van der Waals surface area contributed by atoms with Crippen molar-refractivity contribution in [2.75, 3.05) is 5.75 Å². The number of aromatic nitrogens is 1. The van der Waals surface area contributed by atoms with Crippen molar-refractivity contribution in [1.29, 1.82) is 0 Å². The highest BCUT2D eigenvalue weighted by atomic mass is 32.2. The molecule has 0 amide bonds. The van der Waals surface area contributed by atoms with Gasteiger partial charge in [-0.2, -0.15) is 0 Å². The molecule has 1 atom stereocenters. The van der Waals surface area contributed by atoms with Gasteiger partial charge in [0.05, 0.1) is 16.5 Å². The normalized spacial score (nSPS) is 12.3. The molecule has 0 saturated heterocycles. The maximum Gasteiger partial charge on any atom is 0.307 e. The van der Waals surface area contributed by atoms with E-state index >= 15 is 0 Å². The molecule has 0 aliphatic carbocycles. The second-order valence-corrected chi connectivity index (χ2v) is 11.5. The van der Waals surface area contributed by atoms with Crippen LogP contribution in [0.1, 0.15) is 27.1 Å². The molecule has 2 aromatic carbocycles. The summed E-state index contributed by atoms with van der Waals surface area (Å²) in [6.45, 7) is 3.88. The van der Waals surface area contributed by atoms with Gasteiger partial charge in [-0.15, -0.1) is 11.3 Å². The van der Waals surface area contributed by atoms with E-state index in [0.29, 0.717) is 5.56 Å². The molecule has 0 unspecified atom stereocenters. The monoisotopic (exact) mass is 495 g/mol. The lowest BCUT2D eigenvalue weighted by Crippen LogP contribution is -2.25. The zero-order valence-electron chi connectivity index (χ0n) is 18.6. The zero-order chi connectivity index (χ0) is 24.5. The fourth-order valence-corrected chi connectivity index (χ4v) is 6.58. The molecule has 174 valence electrons. The number of thiophene rings is 1. The van der Waals surface area contributed by atoms with Crippen molar-refractivity contribution < 1.29 is 22.7 Å². The van der Waals surface area contributed by atoms with Crippen LogP contribution in [0.5, 0.6) is 0 Å². The first-order valence-corrected chi connectivity index (χ1v) is 13.0. The number of aromatic amines is 1. The summed E-state index contributed by atoms with van der Waals surface area (Å²) in [6.07, 6.45) is 1.70. The Morgan fingerprint density at radius 3 is 2.50 bits per heavy atom. The second-order valence-electron chi connectivity index (χ2n) is 8.25. The van der Waals surface area contributed by atoms with Crippen molar-refractivity contribution in [2.45, 2.75) is 24.5 Å². The highest BCUT2D eigenvalue weighted by molar-refractivity contribution is 7.93. The standard InChI is InChI=1S/C26H22FNO4S2/c1-16-3-6-18(7-4-16)8-9-21-13-23(27)26(33-21)34(31,32)15-20(25(29)30)12-19-14-28-24-10-5-17(2)11-22(19)24/h3-7,10-11,13-14,20,28H,12,15H2,1-2H3,(H,29,30)/t20-/m0/s1. The fourth-order valence-electron chi connectivity index (χ4n) is 3.68. The summed E-state index contributed by atoms with van der Waals surface area (Å²) in [7, 11) is -4.18. The molecule has 8 heteroatoms. The van der Waals surface area contributed by atoms with E-state index in [1.165, 1.54) is 0 Å². The molecule has 2 heterocycles. The summed E-state index contributed by atoms with van der Waals surface area (Å²) in [5, 5.41) is 10.6. The number of halogens is 1. The minimum absolute atomic E-state index is 0.00506. The van der Waals surface area contributed by atoms with E-state index in [9.17, 15) is 22.7 Å². The van der Waals surface area contributed by atoms with Crippen LogP contribution in [0.25, 0.3) is 10.9 Å². The summed E-state index contributed by atoms with van der Waals surface area (Å²) in [5.74, 6) is 1.59. The Balaban J connectivity index is 1.57. The maximum atomic E-state index is 14.6. The van der Waals surface area contributed by atoms with Gasteiger partial charge in [-0.05, 0) is 50.1 Å². The van der Waals surface area contributed by atoms with Gasteiger partial charge < -0.3 is 10.1 Å². The first kappa shape index (κ1) is 23.7. The Labute approximate surface area is 201 Å². The molecule has 4 rings (SSSR count). The lowest BCUT2D eigenvalue weighted by molar-refractivity contribution is -0.140. The first-order valence-electron chi connectivity index (χ1n) is 10.5. The number of aliphatic carboxylic acids is 1. The molecular formula is C26H22FNO4S2. The van der Waals surface area contributed by atoms with E-state index in [1.807, 2.05) is 56.3 Å². The summed E-state index contributed by atoms with van der Waals surface area (Å²) in [6, 6.07) is 14.3. The number of benzene rings is 2. The van der Waals surface area contributed by atoms with Crippen LogP contribution in [-0.4, -0.2) is 30.2 Å². The van der Waals surface area contributed by atoms with E-state index < -0.39 is 37.5 Å². The fraction of sp³-hybridized carbons (Fsp3) is 0.192. The average Bonchev–Trinajstić information content (AvgIpc) is 3.36. The van der Waals surface area contributed by atoms with E-state index in [4.69, 9.17) is 0 Å². The van der Waals surface area contributed by atoms with Crippen LogP contribution in [0, 0.1) is 37.4 Å². The Hall–Kier alpha value is -3.41. The molecule has 0 spiro atoms. The van der Waals surface area contributed by atoms with Crippen molar-refractivity contribution in [3.63, 3.8) is 0 Å². The van der Waals surface area contributed by atoms with Crippen molar-refractivity contribution in [2.24, 2.45) is 5.92 Å². The van der Waals surface area contributed by atoms with Crippen LogP contribution < -0.4 is 0 Å². The van der Waals surface area contributed by atoms with Crippen LogP contribution in [0.4, 0.5) is 4.39 Å². The minimum atomic E-state index is -4.18. The number of carbonyl (C=O) groups is 1. The first-order chi connectivity index (χ1) is 16.1. The number of H-pyrrole nitrogens is 1. The molecule has 0 aliphatic heterocycles. The van der Waals surface area contributed by atoms with Crippen LogP contribution in [0.15, 0.2) is 58.9 Å². The van der Waals surface area contributed by atoms with Gasteiger partial charge in [-0.25, -0.2) is 12.8 Å². The molecule has 2 N–H and O–H groups in total. The van der Waals surface area contributed by atoms with Gasteiger partial charge in [0, 0.05) is 28.7 Å². The van der Waals surface area contributed by atoms with Gasteiger partial charge >= 0.3 is 5.97 Å². The molecule has 4 aromatic rings. The molecule has 0 fully saturated rings. The lowest BCUT2D eigenvalue weighted by atomic mass is 10.00. The molecule has 0 radical (unpaired) electrons. The number of hydrogen-bond donors (Lipinski definition) is 2. The van der Waals surface area contributed by atoms with E-state index in [-0.39, 0.29) is 11.3 Å². The molecule has 0 aliphatic rings. The average molecular weight is 496 g/mol. The summed E-state index contributed by atoms with van der Waals surface area (Å²) in [5.41, 5.74) is 4.36. The molecule has 0 bridgehead atoms. The Bertz CT molecular complexity index is 1540. The van der Waals surface area contributed by atoms with E-state index in [1.54, 1.807) is 6.20 Å². The Morgan fingerprint density at radius 2 is 1.79 bits per heavy atom. The quantitative estimate of drug-likeness (QED) is 0.364. The van der Waals surface area contributed by atoms with Crippen molar-refractivity contribution in [1.82, 2.24) is 4.98 Å². The van der Waals surface area contributed by atoms with Gasteiger partial charge in [0.1, 0.15) is 0 Å². The van der Waals surface area contributed by atoms with Crippen LogP contribution in [0.3, 0.4) is 0 Å². The van der Waals surface area contributed by atoms with E-state index in [2.05, 4.69) is 16.8 Å². The van der Waals surface area contributed by atoms with Gasteiger partial charge in [-0.3, -0.25) is 4.79 Å². The highest BCUT2D eigenvalue weighted by Gasteiger charge is 2.31. The lowest BCUT2D eigenvalue weighted by Gasteiger charge is -2.12. The number of rotatable bonds is 6. The molecule has 5 nitrogen and oxygen atoms in total. The summed E-state index contributed by atoms with van der Waals surface area (Å²) >= 11 is 0.719. The van der Waals surface area contributed by atoms with Crippen LogP contribution in [0.2, 0.25) is 0 Å². The number of fused-ring (bicyclic) bond motifs is 1. The predicted octanol–water partition coefficient (Wildman–Crippen LogP) is 5.10. The molecule has 2 aromatic heterocycles. The van der Waals surface area contributed by atoms with Gasteiger partial charge in [0.25, 0.3) is 0 Å². The van der Waals surface area contributed by atoms with Crippen molar-refractivity contribution in [3.05, 3.63) is 87.7 Å². The van der Waals surface area contributed by atoms with Gasteiger partial charge in [0.2, 0.25) is 0 Å². The van der Waals surface area contributed by atoms with Gasteiger partial charge in [-0.1, -0.05) is 41.2 Å². The number of nitrogens with one attached hydrogen (secondary N) is 1. The number of hydrogen-bond acceptors (Lipinski definition) is 4. The Kier molecular flexibility index (Phi) is 6.60. The molecule has 0 saturated carbocycles. The number of aryl methyl sites for hydroxylation is 2.